The van der Waals surface area contributed by atoms with Crippen LogP contribution in [0.1, 0.15) is 33.6 Å². The Morgan fingerprint density at radius 2 is 2.10 bits per heavy atom. The predicted molar refractivity (Wildman–Crippen MR) is 45.0 cm³/mol. The molecular weight excluding hydrogens is 122 g/mol. The summed E-state index contributed by atoms with van der Waals surface area (Å²) in [5.41, 5.74) is 0.532. The molecule has 1 nitrogen and oxygen atoms in total. The second kappa shape index (κ2) is 2.91. The summed E-state index contributed by atoms with van der Waals surface area (Å²) in [6.07, 6.45) is 2.77. The van der Waals surface area contributed by atoms with Crippen LogP contribution in [0.5, 0.6) is 0 Å². The zero-order valence-corrected chi connectivity index (χ0v) is 7.41. The van der Waals surface area contributed by atoms with E-state index in [2.05, 4.69) is 26.1 Å². The Kier molecular flexibility index (Phi) is 2.35. The zero-order chi connectivity index (χ0) is 7.61. The van der Waals surface area contributed by atoms with Crippen LogP contribution in [0.15, 0.2) is 0 Å². The first-order chi connectivity index (χ1) is 4.60. The lowest BCUT2D eigenvalue weighted by atomic mass is 9.87. The van der Waals surface area contributed by atoms with E-state index in [1.54, 1.807) is 0 Å². The average Bonchev–Trinajstić information content (AvgIpc) is 1.94. The Hall–Kier alpha value is -0.0400. The molecule has 1 atom stereocenters. The first kappa shape index (κ1) is 8.06. The summed E-state index contributed by atoms with van der Waals surface area (Å²) in [5, 5.41) is 3.49. The molecule has 1 fully saturated rings. The monoisotopic (exact) mass is 141 g/mol. The van der Waals surface area contributed by atoms with E-state index in [1.807, 2.05) is 0 Å². The molecule has 0 amide bonds. The van der Waals surface area contributed by atoms with Gasteiger partial charge in [0.15, 0.2) is 0 Å². The molecule has 1 rings (SSSR count). The van der Waals surface area contributed by atoms with Crippen LogP contribution in [0.25, 0.3) is 0 Å². The van der Waals surface area contributed by atoms with Gasteiger partial charge in [-0.05, 0) is 30.7 Å². The van der Waals surface area contributed by atoms with Crippen LogP contribution in [0.4, 0.5) is 0 Å². The highest BCUT2D eigenvalue weighted by Crippen LogP contribution is 2.25. The van der Waals surface area contributed by atoms with E-state index in [0.717, 1.165) is 5.92 Å². The van der Waals surface area contributed by atoms with Gasteiger partial charge in [-0.1, -0.05) is 20.8 Å². The molecule has 1 heterocycles. The van der Waals surface area contributed by atoms with Gasteiger partial charge >= 0.3 is 0 Å². The first-order valence-corrected chi connectivity index (χ1v) is 4.31. The lowest BCUT2D eigenvalue weighted by molar-refractivity contribution is 0.330. The minimum atomic E-state index is 0.532. The van der Waals surface area contributed by atoms with E-state index in [-0.39, 0.29) is 0 Å². The quantitative estimate of drug-likeness (QED) is 0.544. The summed E-state index contributed by atoms with van der Waals surface area (Å²) in [6, 6.07) is 0. The standard InChI is InChI=1S/C9H19N/c1-8-4-5-9(2,3)7-10-6-8/h8,10H,4-7H2,1-3H3/t8-/m0/s1. The van der Waals surface area contributed by atoms with Crippen LogP contribution >= 0.6 is 0 Å². The third kappa shape index (κ3) is 2.30. The zero-order valence-electron chi connectivity index (χ0n) is 7.41. The van der Waals surface area contributed by atoms with Crippen LogP contribution in [0, 0.1) is 11.3 Å². The summed E-state index contributed by atoms with van der Waals surface area (Å²) in [4.78, 5) is 0. The molecule has 0 saturated carbocycles. The van der Waals surface area contributed by atoms with Crippen molar-refractivity contribution in [3.05, 3.63) is 0 Å². The highest BCUT2D eigenvalue weighted by molar-refractivity contribution is 4.77. The van der Waals surface area contributed by atoms with Gasteiger partial charge in [0.25, 0.3) is 0 Å². The van der Waals surface area contributed by atoms with Gasteiger partial charge in [-0.3, -0.25) is 0 Å². The molecule has 10 heavy (non-hydrogen) atoms. The highest BCUT2D eigenvalue weighted by atomic mass is 14.9. The predicted octanol–water partition coefficient (Wildman–Crippen LogP) is 2.03. The van der Waals surface area contributed by atoms with Crippen molar-refractivity contribution in [1.82, 2.24) is 5.32 Å². The minimum absolute atomic E-state index is 0.532. The van der Waals surface area contributed by atoms with Crippen LogP contribution in [-0.4, -0.2) is 13.1 Å². The first-order valence-electron chi connectivity index (χ1n) is 4.31. The van der Waals surface area contributed by atoms with Gasteiger partial charge in [-0.25, -0.2) is 0 Å². The summed E-state index contributed by atoms with van der Waals surface area (Å²) in [5.74, 6) is 0.877. The summed E-state index contributed by atoms with van der Waals surface area (Å²) < 4.78 is 0. The Morgan fingerprint density at radius 1 is 1.40 bits per heavy atom. The molecule has 1 aliphatic heterocycles. The van der Waals surface area contributed by atoms with E-state index < -0.39 is 0 Å². The van der Waals surface area contributed by atoms with Crippen LogP contribution in [0.2, 0.25) is 0 Å². The van der Waals surface area contributed by atoms with Crippen molar-refractivity contribution in [2.75, 3.05) is 13.1 Å². The van der Waals surface area contributed by atoms with Crippen molar-refractivity contribution in [2.45, 2.75) is 33.6 Å². The third-order valence-corrected chi connectivity index (χ3v) is 2.41. The fraction of sp³-hybridized carbons (Fsp3) is 1.00. The molecule has 0 unspecified atom stereocenters. The molecule has 0 bridgehead atoms. The van der Waals surface area contributed by atoms with Crippen molar-refractivity contribution < 1.29 is 0 Å². The van der Waals surface area contributed by atoms with Crippen LogP contribution in [0.3, 0.4) is 0 Å². The van der Waals surface area contributed by atoms with Crippen LogP contribution in [-0.2, 0) is 0 Å². The van der Waals surface area contributed by atoms with Gasteiger partial charge < -0.3 is 5.32 Å². The lowest BCUT2D eigenvalue weighted by Crippen LogP contribution is -2.27. The van der Waals surface area contributed by atoms with Crippen molar-refractivity contribution in [3.63, 3.8) is 0 Å². The van der Waals surface area contributed by atoms with Crippen molar-refractivity contribution in [3.8, 4) is 0 Å². The molecule has 0 aliphatic carbocycles. The van der Waals surface area contributed by atoms with Gasteiger partial charge in [-0.2, -0.15) is 0 Å². The molecule has 1 N–H and O–H groups in total. The summed E-state index contributed by atoms with van der Waals surface area (Å²) in [6.45, 7) is 9.42. The third-order valence-electron chi connectivity index (χ3n) is 2.41. The van der Waals surface area contributed by atoms with Crippen molar-refractivity contribution in [2.24, 2.45) is 11.3 Å². The second-order valence-electron chi connectivity index (χ2n) is 4.44. The Labute approximate surface area is 64.2 Å². The van der Waals surface area contributed by atoms with E-state index in [0.29, 0.717) is 5.41 Å². The van der Waals surface area contributed by atoms with Crippen molar-refractivity contribution in [1.29, 1.82) is 0 Å². The fourth-order valence-corrected chi connectivity index (χ4v) is 1.48. The Balaban J connectivity index is 2.41. The summed E-state index contributed by atoms with van der Waals surface area (Å²) >= 11 is 0. The second-order valence-corrected chi connectivity index (χ2v) is 4.44. The topological polar surface area (TPSA) is 12.0 Å². The van der Waals surface area contributed by atoms with Crippen molar-refractivity contribution >= 4 is 0 Å². The van der Waals surface area contributed by atoms with Gasteiger partial charge in [0, 0.05) is 6.54 Å². The molecule has 0 radical (unpaired) electrons. The average molecular weight is 141 g/mol. The lowest BCUT2D eigenvalue weighted by Gasteiger charge is -2.21. The molecule has 1 heteroatoms. The molecular formula is C9H19N. The van der Waals surface area contributed by atoms with E-state index in [9.17, 15) is 0 Å². The number of hydrogen-bond donors (Lipinski definition) is 1. The SMILES string of the molecule is C[C@H]1CCC(C)(C)CNC1. The largest absolute Gasteiger partial charge is 0.316 e. The van der Waals surface area contributed by atoms with Gasteiger partial charge in [0.1, 0.15) is 0 Å². The van der Waals surface area contributed by atoms with Gasteiger partial charge in [0.2, 0.25) is 0 Å². The molecule has 0 aromatic rings. The van der Waals surface area contributed by atoms with E-state index in [4.69, 9.17) is 0 Å². The molecule has 0 spiro atoms. The van der Waals surface area contributed by atoms with E-state index in [1.165, 1.54) is 25.9 Å². The van der Waals surface area contributed by atoms with Crippen LogP contribution < -0.4 is 5.32 Å². The number of rotatable bonds is 0. The summed E-state index contributed by atoms with van der Waals surface area (Å²) in [7, 11) is 0. The van der Waals surface area contributed by atoms with Gasteiger partial charge in [0.05, 0.1) is 0 Å². The van der Waals surface area contributed by atoms with E-state index >= 15 is 0 Å². The molecule has 1 saturated heterocycles. The Bertz CT molecular complexity index is 107. The fourth-order valence-electron chi connectivity index (χ4n) is 1.48. The highest BCUT2D eigenvalue weighted by Gasteiger charge is 2.21. The molecule has 1 aliphatic rings. The molecule has 0 aromatic heterocycles. The Morgan fingerprint density at radius 3 is 2.80 bits per heavy atom. The minimum Gasteiger partial charge on any atom is -0.316 e. The maximum absolute atomic E-state index is 3.49. The normalized spacial score (nSPS) is 33.3. The maximum atomic E-state index is 3.49. The van der Waals surface area contributed by atoms with Gasteiger partial charge in [-0.15, -0.1) is 0 Å². The smallest absolute Gasteiger partial charge is 0.000263 e. The molecule has 60 valence electrons. The number of nitrogens with one attached hydrogen (secondary N) is 1. The number of hydrogen-bond acceptors (Lipinski definition) is 1. The molecule has 0 aromatic carbocycles. The maximum Gasteiger partial charge on any atom is 0.000263 e.